The first-order valence-electron chi connectivity index (χ1n) is 11.5. The summed E-state index contributed by atoms with van der Waals surface area (Å²) in [5, 5.41) is -0.0809. The second kappa shape index (κ2) is 9.81. The van der Waals surface area contributed by atoms with Crippen LogP contribution in [0.25, 0.3) is 0 Å². The Morgan fingerprint density at radius 2 is 1.68 bits per heavy atom. The summed E-state index contributed by atoms with van der Waals surface area (Å²) in [7, 11) is 0.298. The van der Waals surface area contributed by atoms with Crippen molar-refractivity contribution in [3.8, 4) is 0 Å². The molecule has 0 N–H and O–H groups in total. The Morgan fingerprint density at radius 3 is 2.24 bits per heavy atom. The summed E-state index contributed by atoms with van der Waals surface area (Å²) in [6.45, 7) is 10.7. The number of hydrogen-bond donors (Lipinski definition) is 0. The first-order valence-corrected chi connectivity index (χ1v) is 14.4. The summed E-state index contributed by atoms with van der Waals surface area (Å²) in [6.07, 6.45) is 1.43. The van der Waals surface area contributed by atoms with Gasteiger partial charge in [-0.15, -0.1) is 0 Å². The second-order valence-electron chi connectivity index (χ2n) is 10.3. The highest BCUT2D eigenvalue weighted by Gasteiger charge is 2.52. The molecule has 34 heavy (non-hydrogen) atoms. The van der Waals surface area contributed by atoms with Gasteiger partial charge in [-0.1, -0.05) is 51.1 Å². The number of allylic oxidation sites excluding steroid dienone is 1. The van der Waals surface area contributed by atoms with Crippen LogP contribution in [0.15, 0.2) is 42.2 Å². The largest absolute Gasteiger partial charge is 0.547 e. The van der Waals surface area contributed by atoms with Gasteiger partial charge >= 0.3 is 18.0 Å². The SMILES string of the molecule is COC(=O)[C@H]1[C@@H](C(=O)OC)CC(O[Si](C)(C)C(C)(C)C)=C[C@H]1N1C(=O)OC[C@H]1c1ccccc1. The zero-order chi connectivity index (χ0) is 25.3. The monoisotopic (exact) mass is 489 g/mol. The maximum Gasteiger partial charge on any atom is 0.411 e. The Labute approximate surface area is 202 Å². The van der Waals surface area contributed by atoms with Crippen LogP contribution in [0.4, 0.5) is 4.79 Å². The summed E-state index contributed by atoms with van der Waals surface area (Å²) in [6, 6.07) is 8.25. The van der Waals surface area contributed by atoms with Crippen molar-refractivity contribution in [2.24, 2.45) is 11.8 Å². The Kier molecular flexibility index (Phi) is 7.45. The highest BCUT2D eigenvalue weighted by molar-refractivity contribution is 6.74. The Bertz CT molecular complexity index is 954. The molecule has 0 spiro atoms. The van der Waals surface area contributed by atoms with Crippen LogP contribution in [0.2, 0.25) is 18.1 Å². The van der Waals surface area contributed by atoms with Crippen LogP contribution in [0.3, 0.4) is 0 Å². The van der Waals surface area contributed by atoms with Gasteiger partial charge < -0.3 is 18.6 Å². The number of cyclic esters (lactones) is 1. The topological polar surface area (TPSA) is 91.4 Å². The van der Waals surface area contributed by atoms with Crippen LogP contribution < -0.4 is 0 Å². The quantitative estimate of drug-likeness (QED) is 0.331. The van der Waals surface area contributed by atoms with Gasteiger partial charge in [-0.3, -0.25) is 14.5 Å². The molecular formula is C25H35NO7Si. The van der Waals surface area contributed by atoms with E-state index < -0.39 is 50.3 Å². The van der Waals surface area contributed by atoms with Crippen LogP contribution in [-0.4, -0.2) is 58.1 Å². The summed E-state index contributed by atoms with van der Waals surface area (Å²) >= 11 is 0. The van der Waals surface area contributed by atoms with E-state index in [1.807, 2.05) is 30.3 Å². The fourth-order valence-corrected chi connectivity index (χ4v) is 5.38. The van der Waals surface area contributed by atoms with Crippen molar-refractivity contribution in [1.82, 2.24) is 4.90 Å². The van der Waals surface area contributed by atoms with Crippen molar-refractivity contribution >= 4 is 26.3 Å². The van der Waals surface area contributed by atoms with Crippen molar-refractivity contribution < 1.29 is 33.0 Å². The molecule has 1 saturated heterocycles. The summed E-state index contributed by atoms with van der Waals surface area (Å²) in [5.41, 5.74) is 0.873. The lowest BCUT2D eigenvalue weighted by Gasteiger charge is -2.43. The number of benzene rings is 1. The maximum atomic E-state index is 13.0. The zero-order valence-corrected chi connectivity index (χ0v) is 22.0. The molecule has 0 bridgehead atoms. The average molecular weight is 490 g/mol. The van der Waals surface area contributed by atoms with E-state index >= 15 is 0 Å². The number of carbonyl (C=O) groups excluding carboxylic acids is 3. The van der Waals surface area contributed by atoms with E-state index in [9.17, 15) is 14.4 Å². The fraction of sp³-hybridized carbons (Fsp3) is 0.560. The Balaban J connectivity index is 2.12. The summed E-state index contributed by atoms with van der Waals surface area (Å²) < 4.78 is 22.1. The van der Waals surface area contributed by atoms with E-state index in [1.54, 1.807) is 6.08 Å². The first kappa shape index (κ1) is 25.8. The molecule has 8 nitrogen and oxygen atoms in total. The molecule has 0 unspecified atom stereocenters. The van der Waals surface area contributed by atoms with Gasteiger partial charge in [-0.05, 0) is 29.8 Å². The fourth-order valence-electron chi connectivity index (χ4n) is 4.27. The number of amides is 1. The summed E-state index contributed by atoms with van der Waals surface area (Å²) in [4.78, 5) is 40.4. The predicted molar refractivity (Wildman–Crippen MR) is 128 cm³/mol. The molecule has 1 amide bonds. The van der Waals surface area contributed by atoms with E-state index in [1.165, 1.54) is 19.1 Å². The van der Waals surface area contributed by atoms with E-state index in [0.29, 0.717) is 5.76 Å². The van der Waals surface area contributed by atoms with E-state index in [4.69, 9.17) is 18.6 Å². The van der Waals surface area contributed by atoms with Crippen LogP contribution >= 0.6 is 0 Å². The number of ether oxygens (including phenoxy) is 3. The lowest BCUT2D eigenvalue weighted by molar-refractivity contribution is -0.160. The predicted octanol–water partition coefficient (Wildman–Crippen LogP) is 4.44. The van der Waals surface area contributed by atoms with Crippen molar-refractivity contribution in [2.75, 3.05) is 20.8 Å². The third-order valence-electron chi connectivity index (χ3n) is 7.17. The third-order valence-corrected chi connectivity index (χ3v) is 11.6. The highest BCUT2D eigenvalue weighted by atomic mass is 28.4. The average Bonchev–Trinajstić information content (AvgIpc) is 3.18. The van der Waals surface area contributed by atoms with Gasteiger partial charge in [0, 0.05) is 6.42 Å². The van der Waals surface area contributed by atoms with Gasteiger partial charge in [0.15, 0.2) is 0 Å². The molecule has 1 aliphatic carbocycles. The molecule has 186 valence electrons. The van der Waals surface area contributed by atoms with E-state index in [2.05, 4.69) is 33.9 Å². The van der Waals surface area contributed by atoms with Crippen molar-refractivity contribution in [3.05, 3.63) is 47.7 Å². The molecule has 1 aromatic carbocycles. The molecule has 1 fully saturated rings. The molecular weight excluding hydrogens is 454 g/mol. The molecule has 4 atom stereocenters. The van der Waals surface area contributed by atoms with Gasteiger partial charge in [-0.25, -0.2) is 4.79 Å². The van der Waals surface area contributed by atoms with Gasteiger partial charge in [0.25, 0.3) is 0 Å². The number of hydrogen-bond acceptors (Lipinski definition) is 7. The van der Waals surface area contributed by atoms with E-state index in [0.717, 1.165) is 5.56 Å². The van der Waals surface area contributed by atoms with Crippen molar-refractivity contribution in [1.29, 1.82) is 0 Å². The minimum atomic E-state index is -2.26. The molecule has 0 aromatic heterocycles. The molecule has 3 rings (SSSR count). The number of nitrogens with zero attached hydrogens (tertiary/aromatic N) is 1. The molecule has 1 aromatic rings. The second-order valence-corrected chi connectivity index (χ2v) is 15.0. The maximum absolute atomic E-state index is 13.0. The van der Waals surface area contributed by atoms with Crippen LogP contribution in [0.1, 0.15) is 38.8 Å². The molecule has 2 aliphatic rings. The lowest BCUT2D eigenvalue weighted by Crippen LogP contribution is -2.52. The third kappa shape index (κ3) is 4.99. The normalized spacial score (nSPS) is 25.3. The number of rotatable bonds is 6. The lowest BCUT2D eigenvalue weighted by atomic mass is 9.77. The minimum absolute atomic E-state index is 0.0809. The van der Waals surface area contributed by atoms with Crippen molar-refractivity contribution in [2.45, 2.75) is 57.4 Å². The summed E-state index contributed by atoms with van der Waals surface area (Å²) in [5.74, 6) is -2.38. The van der Waals surface area contributed by atoms with Gasteiger partial charge in [0.05, 0.1) is 43.9 Å². The molecule has 9 heteroatoms. The molecule has 1 aliphatic heterocycles. The standard InChI is InChI=1S/C25H35NO7Si/c1-25(2,3)34(6,7)33-17-13-18(22(27)30-4)21(23(28)31-5)19(14-17)26-20(15-32-24(26)29)16-11-9-8-10-12-16/h8-12,14,18-21H,13,15H2,1-7H3/t18-,19+,20-,21-/m0/s1. The molecule has 1 heterocycles. The number of esters is 2. The number of methoxy groups -OCH3 is 2. The Morgan fingerprint density at radius 1 is 1.06 bits per heavy atom. The van der Waals surface area contributed by atoms with E-state index in [-0.39, 0.29) is 18.1 Å². The van der Waals surface area contributed by atoms with Gasteiger partial charge in [0.2, 0.25) is 8.32 Å². The van der Waals surface area contributed by atoms with Crippen LogP contribution in [0.5, 0.6) is 0 Å². The van der Waals surface area contributed by atoms with Crippen LogP contribution in [-0.2, 0) is 28.2 Å². The molecule has 0 saturated carbocycles. The van der Waals surface area contributed by atoms with Gasteiger partial charge in [-0.2, -0.15) is 0 Å². The zero-order valence-electron chi connectivity index (χ0n) is 21.0. The minimum Gasteiger partial charge on any atom is -0.547 e. The molecule has 0 radical (unpaired) electrons. The highest BCUT2D eigenvalue weighted by Crippen LogP contribution is 2.44. The van der Waals surface area contributed by atoms with Crippen molar-refractivity contribution in [3.63, 3.8) is 0 Å². The smallest absolute Gasteiger partial charge is 0.411 e. The Hall–Kier alpha value is -2.81. The van der Waals surface area contributed by atoms with Crippen LogP contribution in [0, 0.1) is 11.8 Å². The van der Waals surface area contributed by atoms with Gasteiger partial charge in [0.1, 0.15) is 6.61 Å². The first-order chi connectivity index (χ1) is 15.9. The number of carbonyl (C=O) groups is 3.